The summed E-state index contributed by atoms with van der Waals surface area (Å²) in [7, 11) is 4.04. The summed E-state index contributed by atoms with van der Waals surface area (Å²) in [6, 6.07) is 25.2. The molecule has 0 saturated carbocycles. The van der Waals surface area contributed by atoms with E-state index in [1.807, 2.05) is 13.1 Å². The maximum absolute atomic E-state index is 5.97. The monoisotopic (exact) mass is 629 g/mol. The zero-order valence-electron chi connectivity index (χ0n) is 26.2. The van der Waals surface area contributed by atoms with Crippen LogP contribution in [-0.2, 0) is 12.8 Å². The lowest BCUT2D eigenvalue weighted by Gasteiger charge is -2.22. The van der Waals surface area contributed by atoms with Crippen LogP contribution in [0.1, 0.15) is 42.5 Å². The number of nitrogens with zero attached hydrogens (tertiary/aromatic N) is 2. The van der Waals surface area contributed by atoms with Crippen LogP contribution >= 0.6 is 23.2 Å². The van der Waals surface area contributed by atoms with Crippen LogP contribution in [0.15, 0.2) is 72.8 Å². The predicted octanol–water partition coefficient (Wildman–Crippen LogP) is 7.41. The summed E-state index contributed by atoms with van der Waals surface area (Å²) in [6.07, 6.45) is 20.0. The highest BCUT2D eigenvalue weighted by molar-refractivity contribution is 6.35. The highest BCUT2D eigenvalue weighted by Crippen LogP contribution is 2.30. The number of terminal acetylenes is 3. The van der Waals surface area contributed by atoms with Gasteiger partial charge < -0.3 is 4.74 Å². The van der Waals surface area contributed by atoms with Gasteiger partial charge >= 0.3 is 0 Å². The molecular formula is C38H45Cl2N3O. The minimum Gasteiger partial charge on any atom is -0.492 e. The molecule has 4 rings (SSSR count). The van der Waals surface area contributed by atoms with E-state index in [4.69, 9.17) is 47.2 Å². The lowest BCUT2D eigenvalue weighted by Crippen LogP contribution is -2.31. The molecule has 44 heavy (non-hydrogen) atoms. The number of rotatable bonds is 12. The standard InChI is InChI=1S/C13H15Cl2NO.C13H17N.C12H13N/c1-3-7-16(2)8-4-9-17-13-6-5-11(14)10-12(13)15;1-4-10-14(3)12(2)11-13-8-6-5-7-9-13;1-2-9-13-12-8-7-10-5-3-4-6-11(10)12/h1,5-6,10H,4,7-9H2,2H3;1,5-9,12H,10-11H2,2-3H3;1,3-6,12-13H,7-9H2/t;;12-/m..1/s1. The number of benzene rings is 3. The second-order valence-electron chi connectivity index (χ2n) is 10.8. The summed E-state index contributed by atoms with van der Waals surface area (Å²) in [5.41, 5.74) is 4.26. The van der Waals surface area contributed by atoms with Gasteiger partial charge in [0, 0.05) is 23.7 Å². The van der Waals surface area contributed by atoms with E-state index in [0.29, 0.717) is 54.1 Å². The van der Waals surface area contributed by atoms with Crippen LogP contribution in [0.4, 0.5) is 0 Å². The van der Waals surface area contributed by atoms with Crippen LogP contribution in [0.5, 0.6) is 5.75 Å². The molecule has 3 aromatic rings. The van der Waals surface area contributed by atoms with Gasteiger partial charge in [0.05, 0.1) is 31.3 Å². The Morgan fingerprint density at radius 3 is 2.32 bits per heavy atom. The van der Waals surface area contributed by atoms with Crippen molar-refractivity contribution in [3.05, 3.63) is 99.5 Å². The van der Waals surface area contributed by atoms with Crippen LogP contribution in [0, 0.1) is 37.0 Å². The van der Waals surface area contributed by atoms with E-state index in [1.165, 1.54) is 29.5 Å². The number of halogens is 2. The zero-order valence-corrected chi connectivity index (χ0v) is 27.7. The van der Waals surface area contributed by atoms with E-state index >= 15 is 0 Å². The van der Waals surface area contributed by atoms with Crippen molar-refractivity contribution in [3.63, 3.8) is 0 Å². The molecule has 1 aliphatic carbocycles. The van der Waals surface area contributed by atoms with Crippen molar-refractivity contribution in [2.45, 2.75) is 44.7 Å². The highest BCUT2D eigenvalue weighted by Gasteiger charge is 2.20. The van der Waals surface area contributed by atoms with Crippen molar-refractivity contribution in [2.75, 3.05) is 46.9 Å². The molecule has 1 unspecified atom stereocenters. The number of fused-ring (bicyclic) bond motifs is 1. The molecule has 0 bridgehead atoms. The number of ether oxygens (including phenoxy) is 1. The van der Waals surface area contributed by atoms with Crippen LogP contribution in [0.3, 0.4) is 0 Å². The number of nitrogens with one attached hydrogen (secondary N) is 1. The topological polar surface area (TPSA) is 27.7 Å². The van der Waals surface area contributed by atoms with E-state index in [9.17, 15) is 0 Å². The Hall–Kier alpha value is -3.40. The average Bonchev–Trinajstić information content (AvgIpc) is 3.43. The summed E-state index contributed by atoms with van der Waals surface area (Å²) in [5, 5.41) is 4.50. The zero-order chi connectivity index (χ0) is 32.2. The van der Waals surface area contributed by atoms with Gasteiger partial charge in [-0.05, 0) is 81.6 Å². The number of hydrogen-bond acceptors (Lipinski definition) is 4. The lowest BCUT2D eigenvalue weighted by atomic mass is 10.1. The van der Waals surface area contributed by atoms with Crippen molar-refractivity contribution in [1.29, 1.82) is 0 Å². The molecule has 0 radical (unpaired) electrons. The van der Waals surface area contributed by atoms with Gasteiger partial charge in [-0.25, -0.2) is 0 Å². The third-order valence-electron chi connectivity index (χ3n) is 7.25. The summed E-state index contributed by atoms with van der Waals surface area (Å²) in [4.78, 5) is 4.25. The third kappa shape index (κ3) is 13.9. The van der Waals surface area contributed by atoms with Crippen molar-refractivity contribution >= 4 is 23.2 Å². The molecule has 3 aromatic carbocycles. The summed E-state index contributed by atoms with van der Waals surface area (Å²) in [6.45, 7) is 5.74. The highest BCUT2D eigenvalue weighted by atomic mass is 35.5. The van der Waals surface area contributed by atoms with Crippen LogP contribution in [0.2, 0.25) is 10.0 Å². The Morgan fingerprint density at radius 1 is 0.932 bits per heavy atom. The Morgan fingerprint density at radius 2 is 1.64 bits per heavy atom. The molecule has 0 saturated heterocycles. The molecule has 0 aromatic heterocycles. The van der Waals surface area contributed by atoms with Gasteiger partial charge in [0.25, 0.3) is 0 Å². The normalized spacial score (nSPS) is 13.7. The molecule has 2 atom stereocenters. The quantitative estimate of drug-likeness (QED) is 0.167. The Bertz CT molecular complexity index is 1370. The molecule has 1 aliphatic rings. The number of likely N-dealkylation sites (N-methyl/N-ethyl adjacent to an activating group) is 1. The van der Waals surface area contributed by atoms with Gasteiger partial charge in [-0.1, -0.05) is 95.6 Å². The summed E-state index contributed by atoms with van der Waals surface area (Å²) in [5.74, 6) is 8.53. The predicted molar refractivity (Wildman–Crippen MR) is 188 cm³/mol. The van der Waals surface area contributed by atoms with E-state index in [1.54, 1.807) is 18.2 Å². The maximum Gasteiger partial charge on any atom is 0.137 e. The van der Waals surface area contributed by atoms with Crippen LogP contribution < -0.4 is 10.1 Å². The van der Waals surface area contributed by atoms with Crippen molar-refractivity contribution in [1.82, 2.24) is 15.1 Å². The number of hydrogen-bond donors (Lipinski definition) is 1. The Balaban J connectivity index is 0.000000232. The van der Waals surface area contributed by atoms with Crippen molar-refractivity contribution < 1.29 is 4.74 Å². The van der Waals surface area contributed by atoms with E-state index in [0.717, 1.165) is 19.4 Å². The molecule has 0 fully saturated rings. The fourth-order valence-electron chi connectivity index (χ4n) is 4.71. The second kappa shape index (κ2) is 21.3. The molecule has 4 nitrogen and oxygen atoms in total. The minimum atomic E-state index is 0.479. The van der Waals surface area contributed by atoms with Gasteiger partial charge in [0.15, 0.2) is 0 Å². The molecule has 0 aliphatic heterocycles. The molecule has 232 valence electrons. The van der Waals surface area contributed by atoms with Crippen molar-refractivity contribution in [2.24, 2.45) is 0 Å². The van der Waals surface area contributed by atoms with Gasteiger partial charge in [0.1, 0.15) is 5.75 Å². The molecule has 0 amide bonds. The molecule has 6 heteroatoms. The average molecular weight is 631 g/mol. The first-order chi connectivity index (χ1) is 21.3. The third-order valence-corrected chi connectivity index (χ3v) is 7.78. The first kappa shape index (κ1) is 36.8. The minimum absolute atomic E-state index is 0.479. The first-order valence-electron chi connectivity index (χ1n) is 14.9. The van der Waals surface area contributed by atoms with Gasteiger partial charge in [-0.15, -0.1) is 19.3 Å². The van der Waals surface area contributed by atoms with Gasteiger partial charge in [-0.3, -0.25) is 15.1 Å². The van der Waals surface area contributed by atoms with E-state index < -0.39 is 0 Å². The van der Waals surface area contributed by atoms with Crippen molar-refractivity contribution in [3.8, 4) is 42.8 Å². The first-order valence-corrected chi connectivity index (χ1v) is 15.7. The summed E-state index contributed by atoms with van der Waals surface area (Å²) < 4.78 is 5.55. The van der Waals surface area contributed by atoms with E-state index in [2.05, 4.69) is 95.4 Å². The SMILES string of the molecule is C#CCN(C)C(C)Cc1ccccc1.C#CCN(C)CCCOc1ccc(Cl)cc1Cl.C#CCN[C@@H]1CCc2ccccc21. The van der Waals surface area contributed by atoms with Gasteiger partial charge in [-0.2, -0.15) is 0 Å². The molecule has 0 spiro atoms. The summed E-state index contributed by atoms with van der Waals surface area (Å²) >= 11 is 11.8. The number of aryl methyl sites for hydroxylation is 1. The maximum atomic E-state index is 5.97. The lowest BCUT2D eigenvalue weighted by molar-refractivity contribution is 0.274. The fraction of sp³-hybridized carbons (Fsp3) is 0.368. The Labute approximate surface area is 276 Å². The molecular weight excluding hydrogens is 585 g/mol. The smallest absolute Gasteiger partial charge is 0.137 e. The fourth-order valence-corrected chi connectivity index (χ4v) is 5.17. The Kier molecular flexibility index (Phi) is 17.8. The van der Waals surface area contributed by atoms with Gasteiger partial charge in [0.2, 0.25) is 0 Å². The van der Waals surface area contributed by atoms with E-state index in [-0.39, 0.29) is 0 Å². The second-order valence-corrected chi connectivity index (χ2v) is 11.6. The van der Waals surface area contributed by atoms with Crippen LogP contribution in [0.25, 0.3) is 0 Å². The molecule has 0 heterocycles. The van der Waals surface area contributed by atoms with Crippen LogP contribution in [-0.4, -0.2) is 62.7 Å². The largest absolute Gasteiger partial charge is 0.492 e. The molecule has 1 N–H and O–H groups in total.